The summed E-state index contributed by atoms with van der Waals surface area (Å²) in [6.45, 7) is 15.2. The van der Waals surface area contributed by atoms with E-state index in [0.717, 1.165) is 0 Å². The summed E-state index contributed by atoms with van der Waals surface area (Å²) >= 11 is 0. The second-order valence-corrected chi connectivity index (χ2v) is 13.5. The molecule has 0 heterocycles. The molecule has 0 aliphatic rings. The Hall–Kier alpha value is 0.274. The lowest BCUT2D eigenvalue weighted by Crippen LogP contribution is -2.68. The Kier molecular flexibility index (Phi) is 5.19. The molecule has 104 valence electrons. The molecule has 2 N–H and O–H groups in total. The number of rotatable bonds is 6. The fourth-order valence-electron chi connectivity index (χ4n) is 1.95. The Labute approximate surface area is 107 Å². The lowest BCUT2D eigenvalue weighted by molar-refractivity contribution is -0.0798. The fraction of sp³-hybridized carbons (Fsp3) is 1.00. The lowest BCUT2D eigenvalue weighted by Gasteiger charge is -2.49. The smallest absolute Gasteiger partial charge is 0.329 e. The highest BCUT2D eigenvalue weighted by Gasteiger charge is 2.55. The van der Waals surface area contributed by atoms with Crippen molar-refractivity contribution in [1.29, 1.82) is 0 Å². The molecule has 0 radical (unpaired) electrons. The van der Waals surface area contributed by atoms with Crippen LogP contribution in [-0.2, 0) is 8.85 Å². The van der Waals surface area contributed by atoms with E-state index in [9.17, 15) is 9.90 Å². The van der Waals surface area contributed by atoms with Gasteiger partial charge in [0, 0.05) is 6.61 Å². The van der Waals surface area contributed by atoms with Crippen molar-refractivity contribution in [2.75, 3.05) is 6.61 Å². The molecular weight excluding hydrogens is 252 g/mol. The van der Waals surface area contributed by atoms with Crippen molar-refractivity contribution in [2.24, 2.45) is 0 Å². The highest BCUT2D eigenvalue weighted by atomic mass is 28.4. The van der Waals surface area contributed by atoms with Crippen molar-refractivity contribution in [1.82, 2.24) is 0 Å². The number of hydrogen-bond acceptors (Lipinski definition) is 4. The van der Waals surface area contributed by atoms with Gasteiger partial charge in [0.2, 0.25) is 8.32 Å². The standard InChI is InChI=1S/C11H28O4Si2/c1-9-14-16(5,6)11(4,12)10(2,3)15-17(7,8)13/h12-13H,9H2,1-8H3. The summed E-state index contributed by atoms with van der Waals surface area (Å²) in [4.78, 5) is 9.89. The van der Waals surface area contributed by atoms with Crippen LogP contribution in [-0.4, -0.2) is 44.2 Å². The van der Waals surface area contributed by atoms with Gasteiger partial charge in [0.05, 0.1) is 5.60 Å². The highest BCUT2D eigenvalue weighted by molar-refractivity contribution is 6.74. The van der Waals surface area contributed by atoms with Crippen LogP contribution >= 0.6 is 0 Å². The maximum atomic E-state index is 10.8. The van der Waals surface area contributed by atoms with Crippen LogP contribution in [0.3, 0.4) is 0 Å². The van der Waals surface area contributed by atoms with Crippen LogP contribution < -0.4 is 0 Å². The van der Waals surface area contributed by atoms with Gasteiger partial charge in [0.1, 0.15) is 5.22 Å². The molecule has 0 aromatic carbocycles. The monoisotopic (exact) mass is 280 g/mol. The van der Waals surface area contributed by atoms with E-state index in [1.54, 1.807) is 20.0 Å². The summed E-state index contributed by atoms with van der Waals surface area (Å²) in [5.41, 5.74) is -0.831. The first kappa shape index (κ1) is 17.3. The van der Waals surface area contributed by atoms with Crippen molar-refractivity contribution in [3.8, 4) is 0 Å². The molecule has 4 nitrogen and oxygen atoms in total. The van der Waals surface area contributed by atoms with E-state index in [2.05, 4.69) is 0 Å². The molecule has 1 atom stereocenters. The van der Waals surface area contributed by atoms with Gasteiger partial charge < -0.3 is 18.8 Å². The predicted molar refractivity (Wildman–Crippen MR) is 74.6 cm³/mol. The molecule has 0 fully saturated rings. The van der Waals surface area contributed by atoms with Crippen LogP contribution in [0.4, 0.5) is 0 Å². The Morgan fingerprint density at radius 3 is 1.76 bits per heavy atom. The Morgan fingerprint density at radius 1 is 1.06 bits per heavy atom. The minimum atomic E-state index is -2.70. The molecule has 0 aliphatic heterocycles. The van der Waals surface area contributed by atoms with Gasteiger partial charge in [-0.15, -0.1) is 0 Å². The minimum Gasteiger partial charge on any atom is -0.415 e. The van der Waals surface area contributed by atoms with E-state index in [-0.39, 0.29) is 0 Å². The average molecular weight is 281 g/mol. The first-order valence-electron chi connectivity index (χ1n) is 6.06. The molecule has 0 aliphatic carbocycles. The lowest BCUT2D eigenvalue weighted by atomic mass is 10.0. The molecule has 0 saturated carbocycles. The molecule has 0 rings (SSSR count). The largest absolute Gasteiger partial charge is 0.415 e. The number of aliphatic hydroxyl groups is 1. The summed E-state index contributed by atoms with van der Waals surface area (Å²) < 4.78 is 11.5. The van der Waals surface area contributed by atoms with Crippen LogP contribution in [0.2, 0.25) is 26.2 Å². The molecule has 0 aromatic heterocycles. The summed E-state index contributed by atoms with van der Waals surface area (Å²) in [5, 5.41) is 9.71. The number of hydrogen-bond donors (Lipinski definition) is 2. The van der Waals surface area contributed by atoms with Crippen LogP contribution in [0.5, 0.6) is 0 Å². The van der Waals surface area contributed by atoms with Gasteiger partial charge in [-0.05, 0) is 53.9 Å². The molecule has 17 heavy (non-hydrogen) atoms. The first-order chi connectivity index (χ1) is 7.27. The normalized spacial score (nSPS) is 18.0. The second-order valence-electron chi connectivity index (χ2n) is 6.07. The van der Waals surface area contributed by atoms with Crippen molar-refractivity contribution < 1.29 is 18.8 Å². The third-order valence-corrected chi connectivity index (χ3v) is 8.32. The van der Waals surface area contributed by atoms with Gasteiger partial charge in [-0.3, -0.25) is 0 Å². The van der Waals surface area contributed by atoms with Gasteiger partial charge >= 0.3 is 8.56 Å². The third-order valence-electron chi connectivity index (χ3n) is 3.35. The second kappa shape index (κ2) is 5.10. The van der Waals surface area contributed by atoms with Crippen molar-refractivity contribution in [3.05, 3.63) is 0 Å². The van der Waals surface area contributed by atoms with Gasteiger partial charge in [-0.2, -0.15) is 0 Å². The van der Waals surface area contributed by atoms with E-state index in [0.29, 0.717) is 6.61 Å². The zero-order chi connectivity index (χ0) is 14.1. The quantitative estimate of drug-likeness (QED) is 0.731. The third kappa shape index (κ3) is 4.15. The van der Waals surface area contributed by atoms with Gasteiger partial charge in [-0.25, -0.2) is 0 Å². The molecule has 6 heteroatoms. The zero-order valence-electron chi connectivity index (χ0n) is 12.4. The zero-order valence-corrected chi connectivity index (χ0v) is 14.4. The van der Waals surface area contributed by atoms with Crippen LogP contribution in [0.25, 0.3) is 0 Å². The van der Waals surface area contributed by atoms with E-state index in [4.69, 9.17) is 8.85 Å². The Balaban J connectivity index is 5.15. The van der Waals surface area contributed by atoms with Crippen LogP contribution in [0, 0.1) is 0 Å². The average Bonchev–Trinajstić information content (AvgIpc) is 1.98. The topological polar surface area (TPSA) is 58.9 Å². The first-order valence-corrected chi connectivity index (χ1v) is 11.8. The molecular formula is C11H28O4Si2. The van der Waals surface area contributed by atoms with Crippen molar-refractivity contribution in [3.63, 3.8) is 0 Å². The SMILES string of the molecule is CCO[Si](C)(C)C(C)(O)C(C)(C)O[Si](C)(C)O. The summed E-state index contributed by atoms with van der Waals surface area (Å²) in [7, 11) is -5.02. The van der Waals surface area contributed by atoms with E-state index in [1.165, 1.54) is 0 Å². The minimum absolute atomic E-state index is 0.575. The van der Waals surface area contributed by atoms with Gasteiger partial charge in [0.15, 0.2) is 0 Å². The van der Waals surface area contributed by atoms with Crippen LogP contribution in [0.15, 0.2) is 0 Å². The van der Waals surface area contributed by atoms with Crippen molar-refractivity contribution in [2.45, 2.75) is 64.7 Å². The van der Waals surface area contributed by atoms with Gasteiger partial charge in [-0.1, -0.05) is 0 Å². The summed E-state index contributed by atoms with van der Waals surface area (Å²) in [6.07, 6.45) is 0. The van der Waals surface area contributed by atoms with Crippen molar-refractivity contribution >= 4 is 16.9 Å². The van der Waals surface area contributed by atoms with E-state index >= 15 is 0 Å². The maximum Gasteiger partial charge on any atom is 0.329 e. The predicted octanol–water partition coefficient (Wildman–Crippen LogP) is 2.01. The fourth-order valence-corrected chi connectivity index (χ4v) is 6.00. The van der Waals surface area contributed by atoms with Gasteiger partial charge in [0.25, 0.3) is 0 Å². The Morgan fingerprint density at radius 2 is 1.47 bits per heavy atom. The maximum absolute atomic E-state index is 10.8. The molecule has 0 amide bonds. The molecule has 0 saturated heterocycles. The molecule has 0 spiro atoms. The Bertz CT molecular complexity index is 257. The molecule has 0 bridgehead atoms. The van der Waals surface area contributed by atoms with Crippen LogP contribution in [0.1, 0.15) is 27.7 Å². The van der Waals surface area contributed by atoms with E-state index < -0.39 is 27.7 Å². The highest BCUT2D eigenvalue weighted by Crippen LogP contribution is 2.36. The summed E-state index contributed by atoms with van der Waals surface area (Å²) in [5.74, 6) is 0. The molecule has 1 unspecified atom stereocenters. The summed E-state index contributed by atoms with van der Waals surface area (Å²) in [6, 6.07) is 0. The van der Waals surface area contributed by atoms with E-state index in [1.807, 2.05) is 33.9 Å². The molecule has 0 aromatic rings.